The van der Waals surface area contributed by atoms with Crippen molar-refractivity contribution >= 4 is 11.5 Å². The molecule has 0 amide bonds. The van der Waals surface area contributed by atoms with Crippen molar-refractivity contribution in [1.82, 2.24) is 9.97 Å². The van der Waals surface area contributed by atoms with Crippen molar-refractivity contribution in [1.29, 1.82) is 0 Å². The van der Waals surface area contributed by atoms with Crippen LogP contribution in [0.25, 0.3) is 0 Å². The zero-order valence-electron chi connectivity index (χ0n) is 12.0. The molecule has 6 heteroatoms. The van der Waals surface area contributed by atoms with E-state index in [9.17, 15) is 10.1 Å². The summed E-state index contributed by atoms with van der Waals surface area (Å²) in [6.45, 7) is 5.33. The first-order valence-corrected chi connectivity index (χ1v) is 6.86. The second-order valence-electron chi connectivity index (χ2n) is 5.30. The van der Waals surface area contributed by atoms with Crippen molar-refractivity contribution in [2.75, 3.05) is 11.4 Å². The van der Waals surface area contributed by atoms with Gasteiger partial charge in [0.15, 0.2) is 0 Å². The Hall–Kier alpha value is -2.50. The molecule has 0 aliphatic carbocycles. The van der Waals surface area contributed by atoms with E-state index < -0.39 is 0 Å². The SMILES string of the molecule is Cc1cc(N2CCc3ccc([N+](=O)[O-])cc3C2)nc(C)n1. The predicted molar refractivity (Wildman–Crippen MR) is 79.4 cm³/mol. The maximum absolute atomic E-state index is 10.9. The molecule has 0 N–H and O–H groups in total. The van der Waals surface area contributed by atoms with Gasteiger partial charge in [-0.2, -0.15) is 0 Å². The molecule has 2 heterocycles. The molecule has 21 heavy (non-hydrogen) atoms. The van der Waals surface area contributed by atoms with Crippen LogP contribution in [0.3, 0.4) is 0 Å². The highest BCUT2D eigenvalue weighted by Gasteiger charge is 2.20. The van der Waals surface area contributed by atoms with Crippen LogP contribution in [0.1, 0.15) is 22.6 Å². The second-order valence-corrected chi connectivity index (χ2v) is 5.30. The van der Waals surface area contributed by atoms with Crippen LogP contribution in [-0.4, -0.2) is 21.4 Å². The number of hydrogen-bond donors (Lipinski definition) is 0. The average molecular weight is 284 g/mol. The number of non-ortho nitro benzene ring substituents is 1. The molecule has 108 valence electrons. The Kier molecular flexibility index (Phi) is 3.29. The Bertz CT molecular complexity index is 695. The molecule has 0 atom stereocenters. The lowest BCUT2D eigenvalue weighted by Crippen LogP contribution is -2.31. The maximum Gasteiger partial charge on any atom is 0.269 e. The van der Waals surface area contributed by atoms with Crippen LogP contribution < -0.4 is 4.90 Å². The van der Waals surface area contributed by atoms with Crippen LogP contribution in [0, 0.1) is 24.0 Å². The number of nitro groups is 1. The smallest absolute Gasteiger partial charge is 0.269 e. The van der Waals surface area contributed by atoms with Crippen LogP contribution in [0.5, 0.6) is 0 Å². The summed E-state index contributed by atoms with van der Waals surface area (Å²) < 4.78 is 0. The molecule has 0 bridgehead atoms. The molecule has 0 saturated carbocycles. The first-order chi connectivity index (χ1) is 10.0. The van der Waals surface area contributed by atoms with E-state index in [4.69, 9.17) is 0 Å². The Morgan fingerprint density at radius 2 is 2.00 bits per heavy atom. The number of aromatic nitrogens is 2. The zero-order valence-corrected chi connectivity index (χ0v) is 12.0. The number of anilines is 1. The molecule has 1 aromatic carbocycles. The van der Waals surface area contributed by atoms with E-state index in [1.165, 1.54) is 5.56 Å². The largest absolute Gasteiger partial charge is 0.352 e. The number of aryl methyl sites for hydroxylation is 2. The number of nitro benzene ring substituents is 1. The lowest BCUT2D eigenvalue weighted by Gasteiger charge is -2.29. The normalized spacial score (nSPS) is 13.9. The minimum Gasteiger partial charge on any atom is -0.352 e. The summed E-state index contributed by atoms with van der Waals surface area (Å²) in [6, 6.07) is 7.06. The van der Waals surface area contributed by atoms with Crippen LogP contribution in [0.4, 0.5) is 11.5 Å². The molecule has 2 aromatic rings. The van der Waals surface area contributed by atoms with Gasteiger partial charge in [0, 0.05) is 37.0 Å². The summed E-state index contributed by atoms with van der Waals surface area (Å²) in [4.78, 5) is 21.4. The molecule has 0 radical (unpaired) electrons. The van der Waals surface area contributed by atoms with E-state index in [2.05, 4.69) is 14.9 Å². The van der Waals surface area contributed by atoms with Gasteiger partial charge in [0.2, 0.25) is 0 Å². The van der Waals surface area contributed by atoms with Crippen LogP contribution >= 0.6 is 0 Å². The van der Waals surface area contributed by atoms with Gasteiger partial charge in [0.05, 0.1) is 4.92 Å². The van der Waals surface area contributed by atoms with Gasteiger partial charge in [-0.15, -0.1) is 0 Å². The Morgan fingerprint density at radius 3 is 2.71 bits per heavy atom. The van der Waals surface area contributed by atoms with Gasteiger partial charge in [0.1, 0.15) is 11.6 Å². The van der Waals surface area contributed by atoms with Gasteiger partial charge >= 0.3 is 0 Å². The van der Waals surface area contributed by atoms with E-state index in [-0.39, 0.29) is 10.6 Å². The molecule has 0 unspecified atom stereocenters. The standard InChI is InChI=1S/C15H16N4O2/c1-10-7-15(17-11(2)16-10)18-6-5-12-3-4-14(19(20)21)8-13(12)9-18/h3-4,7-8H,5-6,9H2,1-2H3. The number of nitrogens with zero attached hydrogens (tertiary/aromatic N) is 4. The second kappa shape index (κ2) is 5.12. The van der Waals surface area contributed by atoms with Crippen LogP contribution in [-0.2, 0) is 13.0 Å². The van der Waals surface area contributed by atoms with E-state index in [1.807, 2.05) is 26.0 Å². The van der Waals surface area contributed by atoms with Crippen molar-refractivity contribution in [2.24, 2.45) is 0 Å². The zero-order chi connectivity index (χ0) is 15.0. The minimum atomic E-state index is -0.349. The van der Waals surface area contributed by atoms with Gasteiger partial charge in [-0.05, 0) is 31.4 Å². The Labute approximate surface area is 122 Å². The summed E-state index contributed by atoms with van der Waals surface area (Å²) in [5.41, 5.74) is 3.26. The third-order valence-electron chi connectivity index (χ3n) is 3.69. The fourth-order valence-corrected chi connectivity index (χ4v) is 2.71. The van der Waals surface area contributed by atoms with Crippen LogP contribution in [0.2, 0.25) is 0 Å². The first kappa shape index (κ1) is 13.5. The number of hydrogen-bond acceptors (Lipinski definition) is 5. The van der Waals surface area contributed by atoms with Crippen molar-refractivity contribution in [2.45, 2.75) is 26.8 Å². The summed E-state index contributed by atoms with van der Waals surface area (Å²) >= 11 is 0. The topological polar surface area (TPSA) is 72.2 Å². The quantitative estimate of drug-likeness (QED) is 0.626. The maximum atomic E-state index is 10.9. The van der Waals surface area contributed by atoms with Gasteiger partial charge in [0.25, 0.3) is 5.69 Å². The van der Waals surface area contributed by atoms with Gasteiger partial charge in [-0.25, -0.2) is 9.97 Å². The summed E-state index contributed by atoms with van der Waals surface area (Å²) in [7, 11) is 0. The summed E-state index contributed by atoms with van der Waals surface area (Å²) in [5.74, 6) is 1.63. The molecule has 0 saturated heterocycles. The Balaban J connectivity index is 1.92. The van der Waals surface area contributed by atoms with E-state index in [0.717, 1.165) is 35.9 Å². The van der Waals surface area contributed by atoms with E-state index in [0.29, 0.717) is 6.54 Å². The van der Waals surface area contributed by atoms with Crippen molar-refractivity contribution in [3.8, 4) is 0 Å². The Morgan fingerprint density at radius 1 is 1.19 bits per heavy atom. The van der Waals surface area contributed by atoms with Crippen molar-refractivity contribution in [3.63, 3.8) is 0 Å². The monoisotopic (exact) mass is 284 g/mol. The summed E-state index contributed by atoms with van der Waals surface area (Å²) in [6.07, 6.45) is 0.870. The third kappa shape index (κ3) is 2.69. The molecule has 1 aliphatic heterocycles. The number of benzene rings is 1. The molecule has 1 aromatic heterocycles. The highest BCUT2D eigenvalue weighted by Crippen LogP contribution is 2.26. The van der Waals surface area contributed by atoms with Gasteiger partial charge < -0.3 is 4.90 Å². The first-order valence-electron chi connectivity index (χ1n) is 6.86. The highest BCUT2D eigenvalue weighted by atomic mass is 16.6. The number of rotatable bonds is 2. The minimum absolute atomic E-state index is 0.144. The average Bonchev–Trinajstić information content (AvgIpc) is 2.45. The molecule has 6 nitrogen and oxygen atoms in total. The molecule has 0 fully saturated rings. The lowest BCUT2D eigenvalue weighted by atomic mass is 9.99. The fourth-order valence-electron chi connectivity index (χ4n) is 2.71. The fraction of sp³-hybridized carbons (Fsp3) is 0.333. The van der Waals surface area contributed by atoms with Crippen molar-refractivity contribution < 1.29 is 4.92 Å². The van der Waals surface area contributed by atoms with Gasteiger partial charge in [-0.1, -0.05) is 6.07 Å². The molecule has 1 aliphatic rings. The molecule has 0 spiro atoms. The van der Waals surface area contributed by atoms with Gasteiger partial charge in [-0.3, -0.25) is 10.1 Å². The van der Waals surface area contributed by atoms with Crippen LogP contribution in [0.15, 0.2) is 24.3 Å². The van der Waals surface area contributed by atoms with Crippen molar-refractivity contribution in [3.05, 3.63) is 57.0 Å². The molecular formula is C15H16N4O2. The van der Waals surface area contributed by atoms with E-state index >= 15 is 0 Å². The molecular weight excluding hydrogens is 268 g/mol. The number of fused-ring (bicyclic) bond motifs is 1. The third-order valence-corrected chi connectivity index (χ3v) is 3.69. The molecule has 3 rings (SSSR count). The highest BCUT2D eigenvalue weighted by molar-refractivity contribution is 5.48. The van der Waals surface area contributed by atoms with E-state index in [1.54, 1.807) is 12.1 Å². The summed E-state index contributed by atoms with van der Waals surface area (Å²) in [5, 5.41) is 10.9. The predicted octanol–water partition coefficient (Wildman–Crippen LogP) is 2.56. The lowest BCUT2D eigenvalue weighted by molar-refractivity contribution is -0.384.